The number of benzene rings is 1. The lowest BCUT2D eigenvalue weighted by Crippen LogP contribution is -2.50. The van der Waals surface area contributed by atoms with Gasteiger partial charge in [0.05, 0.1) is 12.3 Å². The van der Waals surface area contributed by atoms with Crippen LogP contribution in [0.5, 0.6) is 0 Å². The number of piperazine rings is 1. The molecule has 0 aromatic heterocycles. The fourth-order valence-electron chi connectivity index (χ4n) is 3.52. The Morgan fingerprint density at radius 3 is 2.46 bits per heavy atom. The van der Waals surface area contributed by atoms with Crippen LogP contribution in [0, 0.1) is 0 Å². The van der Waals surface area contributed by atoms with E-state index in [-0.39, 0.29) is 18.2 Å². The fraction of sp³-hybridized carbons (Fsp3) is 0.632. The summed E-state index contributed by atoms with van der Waals surface area (Å²) in [5.41, 5.74) is 2.03. The molecule has 2 heterocycles. The van der Waals surface area contributed by atoms with Crippen molar-refractivity contribution >= 4 is 33.4 Å². The predicted molar refractivity (Wildman–Crippen MR) is 115 cm³/mol. The molecule has 156 valence electrons. The lowest BCUT2D eigenvalue weighted by molar-refractivity contribution is -0.117. The molecule has 1 aromatic rings. The zero-order valence-corrected chi connectivity index (χ0v) is 18.1. The van der Waals surface area contributed by atoms with E-state index in [0.717, 1.165) is 25.3 Å². The minimum absolute atomic E-state index is 0.0571. The number of thioether (sulfide) groups is 1. The summed E-state index contributed by atoms with van der Waals surface area (Å²) >= 11 is 2.00. The molecule has 7 nitrogen and oxygen atoms in total. The van der Waals surface area contributed by atoms with E-state index in [1.165, 1.54) is 21.4 Å². The topological polar surface area (TPSA) is 73.0 Å². The first-order chi connectivity index (χ1) is 13.5. The highest BCUT2D eigenvalue weighted by molar-refractivity contribution is 7.99. The standard InChI is InChI=1S/C19H30N4O3S2/c1-2-28(25,26)23-8-6-21(7-9-23)16-19(24)20-18-5-3-4-17(14-18)15-22-10-12-27-13-11-22/h3-5,14H,2,6-13,15-16H2,1H3,(H,20,24). The second-order valence-corrected chi connectivity index (χ2v) is 10.7. The maximum Gasteiger partial charge on any atom is 0.238 e. The molecule has 9 heteroatoms. The van der Waals surface area contributed by atoms with Gasteiger partial charge in [-0.2, -0.15) is 16.1 Å². The third kappa shape index (κ3) is 6.18. The van der Waals surface area contributed by atoms with Crippen molar-refractivity contribution < 1.29 is 13.2 Å². The zero-order valence-electron chi connectivity index (χ0n) is 16.5. The van der Waals surface area contributed by atoms with Crippen LogP contribution in [0.2, 0.25) is 0 Å². The predicted octanol–water partition coefficient (Wildman–Crippen LogP) is 1.14. The smallest absolute Gasteiger partial charge is 0.238 e. The van der Waals surface area contributed by atoms with Crippen LogP contribution in [0.25, 0.3) is 0 Å². The van der Waals surface area contributed by atoms with Crippen molar-refractivity contribution in [3.63, 3.8) is 0 Å². The van der Waals surface area contributed by atoms with Crippen LogP contribution in [0.4, 0.5) is 5.69 Å². The van der Waals surface area contributed by atoms with Crippen LogP contribution < -0.4 is 5.32 Å². The highest BCUT2D eigenvalue weighted by Gasteiger charge is 2.26. The lowest BCUT2D eigenvalue weighted by atomic mass is 10.2. The van der Waals surface area contributed by atoms with E-state index in [9.17, 15) is 13.2 Å². The molecule has 0 radical (unpaired) electrons. The summed E-state index contributed by atoms with van der Waals surface area (Å²) in [6.07, 6.45) is 0. The van der Waals surface area contributed by atoms with E-state index in [1.807, 2.05) is 34.9 Å². The normalized spacial score (nSPS) is 20.2. The van der Waals surface area contributed by atoms with Gasteiger partial charge in [0, 0.05) is 63.0 Å². The van der Waals surface area contributed by atoms with Crippen molar-refractivity contribution in [3.8, 4) is 0 Å². The van der Waals surface area contributed by atoms with Crippen LogP contribution >= 0.6 is 11.8 Å². The van der Waals surface area contributed by atoms with Gasteiger partial charge in [0.2, 0.25) is 15.9 Å². The van der Waals surface area contributed by atoms with E-state index < -0.39 is 10.0 Å². The van der Waals surface area contributed by atoms with E-state index in [0.29, 0.717) is 26.2 Å². The molecule has 28 heavy (non-hydrogen) atoms. The summed E-state index contributed by atoms with van der Waals surface area (Å²) in [5, 5.41) is 2.98. The molecule has 0 saturated carbocycles. The van der Waals surface area contributed by atoms with Crippen LogP contribution in [0.3, 0.4) is 0 Å². The van der Waals surface area contributed by atoms with Gasteiger partial charge in [-0.1, -0.05) is 12.1 Å². The molecule has 0 aliphatic carbocycles. The van der Waals surface area contributed by atoms with Crippen molar-refractivity contribution in [1.82, 2.24) is 14.1 Å². The summed E-state index contributed by atoms with van der Waals surface area (Å²) < 4.78 is 25.4. The molecule has 3 rings (SSSR count). The fourth-order valence-corrected chi connectivity index (χ4v) is 5.58. The Balaban J connectivity index is 1.47. The van der Waals surface area contributed by atoms with Gasteiger partial charge in [-0.25, -0.2) is 8.42 Å². The Labute approximate surface area is 172 Å². The quantitative estimate of drug-likeness (QED) is 0.705. The number of sulfonamides is 1. The molecule has 1 amide bonds. The summed E-state index contributed by atoms with van der Waals surface area (Å²) in [6, 6.07) is 8.05. The van der Waals surface area contributed by atoms with Crippen molar-refractivity contribution in [2.75, 3.05) is 68.4 Å². The number of hydrogen-bond donors (Lipinski definition) is 1. The van der Waals surface area contributed by atoms with E-state index in [2.05, 4.69) is 16.3 Å². The maximum atomic E-state index is 12.4. The Kier molecular flexibility index (Phi) is 7.76. The van der Waals surface area contributed by atoms with Gasteiger partial charge in [-0.3, -0.25) is 14.6 Å². The molecule has 2 fully saturated rings. The highest BCUT2D eigenvalue weighted by Crippen LogP contribution is 2.16. The number of amides is 1. The summed E-state index contributed by atoms with van der Waals surface area (Å²) in [7, 11) is -3.14. The molecular formula is C19H30N4O3S2. The number of rotatable bonds is 7. The summed E-state index contributed by atoms with van der Waals surface area (Å²) in [5.74, 6) is 2.44. The van der Waals surface area contributed by atoms with Crippen LogP contribution in [0.15, 0.2) is 24.3 Å². The third-order valence-electron chi connectivity index (χ3n) is 5.18. The Hall–Kier alpha value is -1.13. The number of carbonyl (C=O) groups is 1. The largest absolute Gasteiger partial charge is 0.325 e. The number of hydrogen-bond acceptors (Lipinski definition) is 6. The number of carbonyl (C=O) groups excluding carboxylic acids is 1. The van der Waals surface area contributed by atoms with Gasteiger partial charge in [-0.15, -0.1) is 0 Å². The van der Waals surface area contributed by atoms with Gasteiger partial charge in [0.15, 0.2) is 0 Å². The Morgan fingerprint density at radius 2 is 1.79 bits per heavy atom. The van der Waals surface area contributed by atoms with Crippen molar-refractivity contribution in [2.45, 2.75) is 13.5 Å². The average molecular weight is 427 g/mol. The van der Waals surface area contributed by atoms with E-state index >= 15 is 0 Å². The monoisotopic (exact) mass is 426 g/mol. The van der Waals surface area contributed by atoms with Gasteiger partial charge < -0.3 is 5.32 Å². The molecule has 1 N–H and O–H groups in total. The van der Waals surface area contributed by atoms with Crippen molar-refractivity contribution in [2.24, 2.45) is 0 Å². The number of nitrogens with one attached hydrogen (secondary N) is 1. The van der Waals surface area contributed by atoms with Crippen LogP contribution in [0.1, 0.15) is 12.5 Å². The molecule has 0 atom stereocenters. The van der Waals surface area contributed by atoms with Gasteiger partial charge in [0.1, 0.15) is 0 Å². The molecule has 2 aliphatic heterocycles. The molecule has 2 saturated heterocycles. The van der Waals surface area contributed by atoms with Gasteiger partial charge >= 0.3 is 0 Å². The van der Waals surface area contributed by atoms with Gasteiger partial charge in [-0.05, 0) is 24.6 Å². The highest BCUT2D eigenvalue weighted by atomic mass is 32.2. The lowest BCUT2D eigenvalue weighted by Gasteiger charge is -2.33. The second-order valence-electron chi connectivity index (χ2n) is 7.21. The Morgan fingerprint density at radius 1 is 1.07 bits per heavy atom. The first-order valence-corrected chi connectivity index (χ1v) is 12.6. The minimum Gasteiger partial charge on any atom is -0.325 e. The molecular weight excluding hydrogens is 396 g/mol. The summed E-state index contributed by atoms with van der Waals surface area (Å²) in [6.45, 7) is 7.15. The van der Waals surface area contributed by atoms with Crippen LogP contribution in [-0.4, -0.2) is 91.5 Å². The SMILES string of the molecule is CCS(=O)(=O)N1CCN(CC(=O)Nc2cccc(CN3CCSCC3)c2)CC1. The van der Waals surface area contributed by atoms with E-state index in [1.54, 1.807) is 6.92 Å². The first kappa shape index (κ1) is 21.6. The molecule has 2 aliphatic rings. The molecule has 1 aromatic carbocycles. The van der Waals surface area contributed by atoms with Gasteiger partial charge in [0.25, 0.3) is 0 Å². The van der Waals surface area contributed by atoms with Crippen LogP contribution in [-0.2, 0) is 21.4 Å². The molecule has 0 spiro atoms. The third-order valence-corrected chi connectivity index (χ3v) is 8.00. The average Bonchev–Trinajstić information content (AvgIpc) is 2.69. The van der Waals surface area contributed by atoms with E-state index in [4.69, 9.17) is 0 Å². The number of nitrogens with zero attached hydrogens (tertiary/aromatic N) is 3. The molecule has 0 unspecified atom stereocenters. The minimum atomic E-state index is -3.14. The Bertz CT molecular complexity index is 758. The second kappa shape index (κ2) is 10.1. The number of anilines is 1. The molecule has 0 bridgehead atoms. The maximum absolute atomic E-state index is 12.4. The van der Waals surface area contributed by atoms with Crippen molar-refractivity contribution in [1.29, 1.82) is 0 Å². The summed E-state index contributed by atoms with van der Waals surface area (Å²) in [4.78, 5) is 16.9. The zero-order chi connectivity index (χ0) is 20.0. The first-order valence-electron chi connectivity index (χ1n) is 9.85. The van der Waals surface area contributed by atoms with Crippen molar-refractivity contribution in [3.05, 3.63) is 29.8 Å².